The molecule has 0 bridgehead atoms. The van der Waals surface area contributed by atoms with Crippen LogP contribution >= 0.6 is 0 Å². The molecule has 1 heteroatoms. The highest BCUT2D eigenvalue weighted by Gasteiger charge is 2.01. The Hall–Kier alpha value is -0.560. The molecule has 0 heterocycles. The molecule has 0 spiro atoms. The summed E-state index contributed by atoms with van der Waals surface area (Å²) in [6.45, 7) is 9.76. The Morgan fingerprint density at radius 2 is 2.00 bits per heavy atom. The SMILES string of the molecule is C=C(C)C(O)CCCC=C(C)C. The van der Waals surface area contributed by atoms with E-state index in [-0.39, 0.29) is 6.10 Å². The van der Waals surface area contributed by atoms with Gasteiger partial charge >= 0.3 is 0 Å². The van der Waals surface area contributed by atoms with Crippen LogP contribution in [0.4, 0.5) is 0 Å². The van der Waals surface area contributed by atoms with Crippen molar-refractivity contribution >= 4 is 0 Å². The molecule has 0 aliphatic carbocycles. The lowest BCUT2D eigenvalue weighted by atomic mass is 10.1. The predicted molar refractivity (Wildman–Crippen MR) is 54.1 cm³/mol. The van der Waals surface area contributed by atoms with Crippen molar-refractivity contribution < 1.29 is 5.11 Å². The minimum atomic E-state index is -0.310. The first-order valence-corrected chi connectivity index (χ1v) is 4.51. The molecule has 0 aliphatic rings. The van der Waals surface area contributed by atoms with E-state index in [0.717, 1.165) is 24.8 Å². The topological polar surface area (TPSA) is 20.2 Å². The van der Waals surface area contributed by atoms with Crippen molar-refractivity contribution in [3.05, 3.63) is 23.8 Å². The molecule has 1 unspecified atom stereocenters. The van der Waals surface area contributed by atoms with Crippen molar-refractivity contribution in [1.82, 2.24) is 0 Å². The lowest BCUT2D eigenvalue weighted by molar-refractivity contribution is 0.198. The zero-order chi connectivity index (χ0) is 9.56. The molecular weight excluding hydrogens is 148 g/mol. The first kappa shape index (κ1) is 11.4. The molecule has 1 N–H and O–H groups in total. The third-order valence-electron chi connectivity index (χ3n) is 1.80. The summed E-state index contributed by atoms with van der Waals surface area (Å²) in [5.74, 6) is 0. The van der Waals surface area contributed by atoms with Crippen molar-refractivity contribution in [2.24, 2.45) is 0 Å². The highest BCUT2D eigenvalue weighted by molar-refractivity contribution is 4.97. The highest BCUT2D eigenvalue weighted by atomic mass is 16.3. The van der Waals surface area contributed by atoms with E-state index in [1.165, 1.54) is 5.57 Å². The number of rotatable bonds is 5. The van der Waals surface area contributed by atoms with Gasteiger partial charge in [-0.05, 0) is 40.0 Å². The third-order valence-corrected chi connectivity index (χ3v) is 1.80. The Bertz CT molecular complexity index is 164. The maximum Gasteiger partial charge on any atom is 0.0744 e. The number of unbranched alkanes of at least 4 members (excludes halogenated alkanes) is 1. The first-order valence-electron chi connectivity index (χ1n) is 4.51. The fraction of sp³-hybridized carbons (Fsp3) is 0.636. The van der Waals surface area contributed by atoms with Crippen LogP contribution in [0.25, 0.3) is 0 Å². The molecule has 0 aromatic heterocycles. The molecule has 1 atom stereocenters. The van der Waals surface area contributed by atoms with Crippen LogP contribution in [0.15, 0.2) is 23.8 Å². The Labute approximate surface area is 75.8 Å². The third kappa shape index (κ3) is 6.17. The highest BCUT2D eigenvalue weighted by Crippen LogP contribution is 2.08. The van der Waals surface area contributed by atoms with Crippen LogP contribution in [-0.4, -0.2) is 11.2 Å². The summed E-state index contributed by atoms with van der Waals surface area (Å²) in [7, 11) is 0. The van der Waals surface area contributed by atoms with Gasteiger partial charge in [-0.15, -0.1) is 0 Å². The monoisotopic (exact) mass is 168 g/mol. The molecule has 0 rings (SSSR count). The maximum absolute atomic E-state index is 9.37. The van der Waals surface area contributed by atoms with Crippen LogP contribution in [0.1, 0.15) is 40.0 Å². The van der Waals surface area contributed by atoms with E-state index >= 15 is 0 Å². The van der Waals surface area contributed by atoms with Crippen molar-refractivity contribution in [3.63, 3.8) is 0 Å². The normalized spacial score (nSPS) is 12.3. The first-order chi connectivity index (χ1) is 5.54. The van der Waals surface area contributed by atoms with Gasteiger partial charge in [0.25, 0.3) is 0 Å². The smallest absolute Gasteiger partial charge is 0.0744 e. The van der Waals surface area contributed by atoms with Crippen LogP contribution in [0.3, 0.4) is 0 Å². The number of aliphatic hydroxyl groups excluding tert-OH is 1. The van der Waals surface area contributed by atoms with E-state index in [2.05, 4.69) is 26.5 Å². The van der Waals surface area contributed by atoms with Gasteiger partial charge in [0.15, 0.2) is 0 Å². The van der Waals surface area contributed by atoms with E-state index in [1.807, 2.05) is 6.92 Å². The van der Waals surface area contributed by atoms with Crippen molar-refractivity contribution in [2.75, 3.05) is 0 Å². The Kier molecular flexibility index (Phi) is 5.73. The van der Waals surface area contributed by atoms with Gasteiger partial charge in [0.2, 0.25) is 0 Å². The quantitative estimate of drug-likeness (QED) is 0.494. The van der Waals surface area contributed by atoms with Gasteiger partial charge < -0.3 is 5.11 Å². The number of aliphatic hydroxyl groups is 1. The zero-order valence-electron chi connectivity index (χ0n) is 8.43. The van der Waals surface area contributed by atoms with E-state index in [4.69, 9.17) is 0 Å². The average Bonchev–Trinajstić information content (AvgIpc) is 1.97. The van der Waals surface area contributed by atoms with Gasteiger partial charge in [0.05, 0.1) is 6.10 Å². The molecular formula is C11H20O. The fourth-order valence-corrected chi connectivity index (χ4v) is 0.948. The minimum Gasteiger partial charge on any atom is -0.389 e. The molecule has 70 valence electrons. The van der Waals surface area contributed by atoms with Crippen molar-refractivity contribution in [1.29, 1.82) is 0 Å². The summed E-state index contributed by atoms with van der Waals surface area (Å²) < 4.78 is 0. The largest absolute Gasteiger partial charge is 0.389 e. The van der Waals surface area contributed by atoms with Gasteiger partial charge in [-0.3, -0.25) is 0 Å². The van der Waals surface area contributed by atoms with Crippen molar-refractivity contribution in [3.8, 4) is 0 Å². The minimum absolute atomic E-state index is 0.310. The Balaban J connectivity index is 3.44. The van der Waals surface area contributed by atoms with E-state index in [1.54, 1.807) is 0 Å². The van der Waals surface area contributed by atoms with Gasteiger partial charge in [-0.2, -0.15) is 0 Å². The van der Waals surface area contributed by atoms with Crippen LogP contribution in [0, 0.1) is 0 Å². The second-order valence-electron chi connectivity index (χ2n) is 3.57. The fourth-order valence-electron chi connectivity index (χ4n) is 0.948. The van der Waals surface area contributed by atoms with Crippen LogP contribution in [0.2, 0.25) is 0 Å². The second-order valence-corrected chi connectivity index (χ2v) is 3.57. The Morgan fingerprint density at radius 1 is 1.42 bits per heavy atom. The van der Waals surface area contributed by atoms with Crippen LogP contribution in [0.5, 0.6) is 0 Å². The maximum atomic E-state index is 9.37. The van der Waals surface area contributed by atoms with Crippen molar-refractivity contribution in [2.45, 2.75) is 46.1 Å². The average molecular weight is 168 g/mol. The second kappa shape index (κ2) is 6.01. The summed E-state index contributed by atoms with van der Waals surface area (Å²) >= 11 is 0. The van der Waals surface area contributed by atoms with Gasteiger partial charge in [0, 0.05) is 0 Å². The molecule has 0 aromatic rings. The molecule has 0 amide bonds. The molecule has 1 nitrogen and oxygen atoms in total. The summed E-state index contributed by atoms with van der Waals surface area (Å²) in [4.78, 5) is 0. The summed E-state index contributed by atoms with van der Waals surface area (Å²) in [6, 6.07) is 0. The van der Waals surface area contributed by atoms with Crippen LogP contribution in [-0.2, 0) is 0 Å². The molecule has 0 saturated heterocycles. The summed E-state index contributed by atoms with van der Waals surface area (Å²) in [5, 5.41) is 9.37. The molecule has 0 aromatic carbocycles. The van der Waals surface area contributed by atoms with E-state index in [0.29, 0.717) is 0 Å². The predicted octanol–water partition coefficient (Wildman–Crippen LogP) is 3.06. The molecule has 12 heavy (non-hydrogen) atoms. The standard InChI is InChI=1S/C11H20O/c1-9(2)7-5-6-8-11(12)10(3)4/h7,11-12H,3,5-6,8H2,1-2,4H3. The van der Waals surface area contributed by atoms with E-state index < -0.39 is 0 Å². The zero-order valence-corrected chi connectivity index (χ0v) is 8.43. The van der Waals surface area contributed by atoms with Crippen LogP contribution < -0.4 is 0 Å². The van der Waals surface area contributed by atoms with Gasteiger partial charge in [0.1, 0.15) is 0 Å². The van der Waals surface area contributed by atoms with Gasteiger partial charge in [-0.25, -0.2) is 0 Å². The van der Waals surface area contributed by atoms with Gasteiger partial charge in [-0.1, -0.05) is 23.8 Å². The lowest BCUT2D eigenvalue weighted by Gasteiger charge is -2.08. The number of hydrogen-bond donors (Lipinski definition) is 1. The molecule has 0 saturated carbocycles. The summed E-state index contributed by atoms with van der Waals surface area (Å²) in [6.07, 6.45) is 4.83. The molecule has 0 radical (unpaired) electrons. The molecule has 0 aliphatic heterocycles. The number of hydrogen-bond acceptors (Lipinski definition) is 1. The van der Waals surface area contributed by atoms with E-state index in [9.17, 15) is 5.11 Å². The summed E-state index contributed by atoms with van der Waals surface area (Å²) in [5.41, 5.74) is 2.21. The Morgan fingerprint density at radius 3 is 2.42 bits per heavy atom. The molecule has 0 fully saturated rings. The number of allylic oxidation sites excluding steroid dienone is 2. The lowest BCUT2D eigenvalue weighted by Crippen LogP contribution is -2.06.